The molecule has 0 aliphatic rings. The lowest BCUT2D eigenvalue weighted by Crippen LogP contribution is -2.18. The summed E-state index contributed by atoms with van der Waals surface area (Å²) in [5, 5.41) is 0. The first-order chi connectivity index (χ1) is 6.42. The van der Waals surface area contributed by atoms with Crippen molar-refractivity contribution < 1.29 is 22.7 Å². The summed E-state index contributed by atoms with van der Waals surface area (Å²) in [5.41, 5.74) is 0.0410. The molecule has 7 heteroatoms. The smallest absolute Gasteiger partial charge is 0.388 e. The Morgan fingerprint density at radius 3 is 2.64 bits per heavy atom. The van der Waals surface area contributed by atoms with Crippen molar-refractivity contribution in [1.82, 2.24) is 4.98 Å². The van der Waals surface area contributed by atoms with Crippen molar-refractivity contribution in [3.05, 3.63) is 22.3 Å². The van der Waals surface area contributed by atoms with Crippen molar-refractivity contribution in [2.24, 2.45) is 0 Å². The first-order valence-electron chi connectivity index (χ1n) is 3.29. The second kappa shape index (κ2) is 3.95. The van der Waals surface area contributed by atoms with Gasteiger partial charge in [-0.1, -0.05) is 0 Å². The molecule has 0 aliphatic carbocycles. The fraction of sp³-hybridized carbons (Fsp3) is 0.143. The number of pyridine rings is 1. The molecule has 0 fully saturated rings. The van der Waals surface area contributed by atoms with Gasteiger partial charge in [-0.2, -0.15) is 0 Å². The van der Waals surface area contributed by atoms with E-state index in [1.807, 2.05) is 0 Å². The van der Waals surface area contributed by atoms with Gasteiger partial charge >= 0.3 is 6.36 Å². The molecule has 1 aromatic rings. The number of carbonyl (C=O) groups excluding carboxylic acids is 1. The summed E-state index contributed by atoms with van der Waals surface area (Å²) >= 11 is 2.94. The number of ether oxygens (including phenoxy) is 1. The summed E-state index contributed by atoms with van der Waals surface area (Å²) in [6.07, 6.45) is -3.35. The van der Waals surface area contributed by atoms with E-state index in [4.69, 9.17) is 0 Å². The second-order valence-electron chi connectivity index (χ2n) is 2.21. The van der Waals surface area contributed by atoms with E-state index in [0.29, 0.717) is 10.8 Å². The van der Waals surface area contributed by atoms with Gasteiger partial charge in [0.1, 0.15) is 0 Å². The third kappa shape index (κ3) is 2.99. The van der Waals surface area contributed by atoms with E-state index >= 15 is 0 Å². The molecule has 76 valence electrons. The Morgan fingerprint density at radius 2 is 2.14 bits per heavy atom. The molecule has 0 bridgehead atoms. The monoisotopic (exact) mass is 269 g/mol. The average molecular weight is 270 g/mol. The summed E-state index contributed by atoms with van der Waals surface area (Å²) in [6.45, 7) is 0. The number of hydrogen-bond donors (Lipinski definition) is 0. The highest BCUT2D eigenvalue weighted by atomic mass is 79.9. The Labute approximate surface area is 85.0 Å². The van der Waals surface area contributed by atoms with E-state index in [2.05, 4.69) is 25.7 Å². The van der Waals surface area contributed by atoms with Crippen molar-refractivity contribution >= 4 is 22.2 Å². The molecular formula is C7H3BrF3NO2. The van der Waals surface area contributed by atoms with Gasteiger partial charge in [-0.25, -0.2) is 4.98 Å². The molecule has 1 aromatic heterocycles. The molecule has 14 heavy (non-hydrogen) atoms. The predicted octanol–water partition coefficient (Wildman–Crippen LogP) is 2.56. The minimum Gasteiger partial charge on any atom is -0.388 e. The number of aldehydes is 1. The van der Waals surface area contributed by atoms with Gasteiger partial charge < -0.3 is 4.74 Å². The summed E-state index contributed by atoms with van der Waals surface area (Å²) in [6, 6.07) is 0.893. The lowest BCUT2D eigenvalue weighted by molar-refractivity contribution is -0.276. The molecule has 0 aliphatic heterocycles. The number of hydrogen-bond acceptors (Lipinski definition) is 3. The number of carbonyl (C=O) groups is 1. The molecule has 0 N–H and O–H groups in total. The quantitative estimate of drug-likeness (QED) is 0.775. The van der Waals surface area contributed by atoms with Crippen LogP contribution in [0.2, 0.25) is 0 Å². The van der Waals surface area contributed by atoms with Crippen molar-refractivity contribution in [2.45, 2.75) is 6.36 Å². The highest BCUT2D eigenvalue weighted by Crippen LogP contribution is 2.23. The van der Waals surface area contributed by atoms with Crippen LogP contribution in [0.5, 0.6) is 5.88 Å². The number of aromatic nitrogens is 1. The molecule has 0 aromatic carbocycles. The topological polar surface area (TPSA) is 39.2 Å². The maximum atomic E-state index is 11.7. The molecule has 0 radical (unpaired) electrons. The maximum Gasteiger partial charge on any atom is 0.574 e. The van der Waals surface area contributed by atoms with Gasteiger partial charge in [-0.05, 0) is 15.9 Å². The van der Waals surface area contributed by atoms with E-state index < -0.39 is 12.2 Å². The van der Waals surface area contributed by atoms with Gasteiger partial charge in [0.2, 0.25) is 5.88 Å². The van der Waals surface area contributed by atoms with Gasteiger partial charge in [-0.15, -0.1) is 13.2 Å². The van der Waals surface area contributed by atoms with Crippen LogP contribution in [-0.2, 0) is 0 Å². The highest BCUT2D eigenvalue weighted by Gasteiger charge is 2.31. The Bertz CT molecular complexity index is 353. The van der Waals surface area contributed by atoms with Crippen molar-refractivity contribution in [3.8, 4) is 5.88 Å². The molecule has 0 atom stereocenters. The predicted molar refractivity (Wildman–Crippen MR) is 44.0 cm³/mol. The number of rotatable bonds is 2. The zero-order chi connectivity index (χ0) is 10.8. The molecule has 0 spiro atoms. The van der Waals surface area contributed by atoms with Crippen LogP contribution in [0.15, 0.2) is 16.7 Å². The molecule has 3 nitrogen and oxygen atoms in total. The van der Waals surface area contributed by atoms with Crippen LogP contribution in [0.25, 0.3) is 0 Å². The molecule has 0 saturated carbocycles. The van der Waals surface area contributed by atoms with Crippen molar-refractivity contribution in [1.29, 1.82) is 0 Å². The average Bonchev–Trinajstić information content (AvgIpc) is 2.06. The van der Waals surface area contributed by atoms with Gasteiger partial charge in [0.25, 0.3) is 0 Å². The Hall–Kier alpha value is -1.11. The standard InChI is InChI=1S/C7H3BrF3NO2/c8-5-2-12-6(1-4(5)3-13)14-7(9,10)11/h1-3H. The zero-order valence-corrected chi connectivity index (χ0v) is 8.09. The van der Waals surface area contributed by atoms with Crippen molar-refractivity contribution in [3.63, 3.8) is 0 Å². The number of nitrogens with zero attached hydrogens (tertiary/aromatic N) is 1. The molecule has 0 unspecified atom stereocenters. The number of alkyl halides is 3. The van der Waals surface area contributed by atoms with Gasteiger partial charge in [0, 0.05) is 22.3 Å². The zero-order valence-electron chi connectivity index (χ0n) is 6.51. The summed E-state index contributed by atoms with van der Waals surface area (Å²) in [5.74, 6) is -0.664. The lowest BCUT2D eigenvalue weighted by atomic mass is 10.3. The third-order valence-corrected chi connectivity index (χ3v) is 1.87. The van der Waals surface area contributed by atoms with Crippen LogP contribution in [0.4, 0.5) is 13.2 Å². The normalized spacial score (nSPS) is 11.1. The van der Waals surface area contributed by atoms with Crippen LogP contribution in [0.3, 0.4) is 0 Å². The summed E-state index contributed by atoms with van der Waals surface area (Å²) in [7, 11) is 0. The molecule has 0 amide bonds. The fourth-order valence-corrected chi connectivity index (χ4v) is 1.01. The van der Waals surface area contributed by atoms with Gasteiger partial charge in [0.05, 0.1) is 0 Å². The minimum atomic E-state index is -4.80. The van der Waals surface area contributed by atoms with E-state index in [0.717, 1.165) is 12.3 Å². The maximum absolute atomic E-state index is 11.7. The van der Waals surface area contributed by atoms with Gasteiger partial charge in [-0.3, -0.25) is 4.79 Å². The fourth-order valence-electron chi connectivity index (χ4n) is 0.699. The SMILES string of the molecule is O=Cc1cc(OC(F)(F)F)ncc1Br. The highest BCUT2D eigenvalue weighted by molar-refractivity contribution is 9.10. The van der Waals surface area contributed by atoms with Crippen LogP contribution >= 0.6 is 15.9 Å². The summed E-state index contributed by atoms with van der Waals surface area (Å²) in [4.78, 5) is 13.7. The van der Waals surface area contributed by atoms with E-state index in [1.165, 1.54) is 0 Å². The first-order valence-corrected chi connectivity index (χ1v) is 4.08. The second-order valence-corrected chi connectivity index (χ2v) is 3.06. The van der Waals surface area contributed by atoms with Crippen LogP contribution in [0.1, 0.15) is 10.4 Å². The largest absolute Gasteiger partial charge is 0.574 e. The minimum absolute atomic E-state index is 0.0410. The molecule has 1 rings (SSSR count). The Balaban J connectivity index is 2.95. The van der Waals surface area contributed by atoms with E-state index in [-0.39, 0.29) is 5.56 Å². The molecule has 0 saturated heterocycles. The third-order valence-electron chi connectivity index (χ3n) is 1.21. The van der Waals surface area contributed by atoms with E-state index in [9.17, 15) is 18.0 Å². The Kier molecular flexibility index (Phi) is 3.10. The van der Waals surface area contributed by atoms with Crippen LogP contribution in [0, 0.1) is 0 Å². The van der Waals surface area contributed by atoms with Crippen LogP contribution in [-0.4, -0.2) is 17.6 Å². The van der Waals surface area contributed by atoms with Gasteiger partial charge in [0.15, 0.2) is 6.29 Å². The van der Waals surface area contributed by atoms with Crippen LogP contribution < -0.4 is 4.74 Å². The van der Waals surface area contributed by atoms with E-state index in [1.54, 1.807) is 0 Å². The molecule has 1 heterocycles. The molecular weight excluding hydrogens is 267 g/mol. The Morgan fingerprint density at radius 1 is 1.50 bits per heavy atom. The summed E-state index contributed by atoms with van der Waals surface area (Å²) < 4.78 is 39.0. The number of halogens is 4. The first kappa shape index (κ1) is 11.0. The van der Waals surface area contributed by atoms with Crippen molar-refractivity contribution in [2.75, 3.05) is 0 Å². The lowest BCUT2D eigenvalue weighted by Gasteiger charge is -2.07.